The standard InChI is InChI=1S/C7H7NO3.CH4/c8-4-1-2-6(9)5(3-4)7(10)11;/h1-3,9H,8H2,(H,10,11);1H4. The zero-order valence-corrected chi connectivity index (χ0v) is 5.61. The Morgan fingerprint density at radius 1 is 1.42 bits per heavy atom. The predicted molar refractivity (Wildman–Crippen MR) is 46.2 cm³/mol. The molecule has 12 heavy (non-hydrogen) atoms. The molecule has 1 aromatic rings. The van der Waals surface area contributed by atoms with Gasteiger partial charge in [0.2, 0.25) is 0 Å². The van der Waals surface area contributed by atoms with Gasteiger partial charge in [-0.15, -0.1) is 0 Å². The van der Waals surface area contributed by atoms with Crippen LogP contribution in [0.4, 0.5) is 5.69 Å². The maximum absolute atomic E-state index is 10.4. The first-order valence-corrected chi connectivity index (χ1v) is 2.93. The molecule has 0 heterocycles. The molecule has 0 atom stereocenters. The van der Waals surface area contributed by atoms with Gasteiger partial charge in [-0.05, 0) is 18.2 Å². The van der Waals surface area contributed by atoms with Crippen molar-refractivity contribution in [1.29, 1.82) is 0 Å². The Morgan fingerprint density at radius 2 is 2.00 bits per heavy atom. The number of rotatable bonds is 1. The number of hydrogen-bond acceptors (Lipinski definition) is 3. The minimum Gasteiger partial charge on any atom is -0.507 e. The molecule has 0 aliphatic heterocycles. The van der Waals surface area contributed by atoms with Crippen LogP contribution >= 0.6 is 0 Å². The fraction of sp³-hybridized carbons (Fsp3) is 0.125. The Hall–Kier alpha value is -1.71. The molecule has 0 radical (unpaired) electrons. The normalized spacial score (nSPS) is 8.67. The van der Waals surface area contributed by atoms with Gasteiger partial charge >= 0.3 is 5.97 Å². The lowest BCUT2D eigenvalue weighted by Gasteiger charge is -1.98. The molecule has 4 N–H and O–H groups in total. The lowest BCUT2D eigenvalue weighted by molar-refractivity contribution is 0.0694. The number of anilines is 1. The molecule has 0 amide bonds. The third kappa shape index (κ3) is 1.88. The van der Waals surface area contributed by atoms with Crippen LogP contribution in [-0.2, 0) is 0 Å². The molecule has 0 bridgehead atoms. The number of hydrogen-bond donors (Lipinski definition) is 3. The number of aromatic hydroxyl groups is 1. The van der Waals surface area contributed by atoms with E-state index in [1.807, 2.05) is 0 Å². The lowest BCUT2D eigenvalue weighted by Crippen LogP contribution is -1.97. The molecule has 66 valence electrons. The van der Waals surface area contributed by atoms with Crippen molar-refractivity contribution in [3.8, 4) is 5.75 Å². The highest BCUT2D eigenvalue weighted by Gasteiger charge is 2.08. The van der Waals surface area contributed by atoms with E-state index in [2.05, 4.69) is 0 Å². The van der Waals surface area contributed by atoms with Crippen LogP contribution in [0.3, 0.4) is 0 Å². The van der Waals surface area contributed by atoms with Crippen LogP contribution in [0.1, 0.15) is 17.8 Å². The average Bonchev–Trinajstić information content (AvgIpc) is 1.94. The van der Waals surface area contributed by atoms with Gasteiger partial charge in [0.1, 0.15) is 11.3 Å². The van der Waals surface area contributed by atoms with E-state index in [1.54, 1.807) is 0 Å². The number of carboxylic acid groups (broad SMARTS) is 1. The predicted octanol–water partition coefficient (Wildman–Crippen LogP) is 1.31. The van der Waals surface area contributed by atoms with Gasteiger partial charge in [-0.1, -0.05) is 7.43 Å². The van der Waals surface area contributed by atoms with Crippen LogP contribution in [0, 0.1) is 0 Å². The molecular formula is C8H11NO3. The van der Waals surface area contributed by atoms with E-state index in [9.17, 15) is 4.79 Å². The number of phenols is 1. The lowest BCUT2D eigenvalue weighted by atomic mass is 10.2. The van der Waals surface area contributed by atoms with Crippen LogP contribution < -0.4 is 5.73 Å². The summed E-state index contributed by atoms with van der Waals surface area (Å²) in [5.41, 5.74) is 5.43. The van der Waals surface area contributed by atoms with Gasteiger partial charge in [-0.3, -0.25) is 0 Å². The minimum atomic E-state index is -1.19. The third-order valence-electron chi connectivity index (χ3n) is 1.25. The molecule has 1 rings (SSSR count). The third-order valence-corrected chi connectivity index (χ3v) is 1.25. The van der Waals surface area contributed by atoms with Crippen molar-refractivity contribution in [2.75, 3.05) is 5.73 Å². The largest absolute Gasteiger partial charge is 0.507 e. The fourth-order valence-electron chi connectivity index (χ4n) is 0.725. The zero-order chi connectivity index (χ0) is 8.43. The molecule has 0 saturated heterocycles. The minimum absolute atomic E-state index is 0. The fourth-order valence-corrected chi connectivity index (χ4v) is 0.725. The van der Waals surface area contributed by atoms with E-state index >= 15 is 0 Å². The average molecular weight is 169 g/mol. The van der Waals surface area contributed by atoms with Crippen molar-refractivity contribution in [2.24, 2.45) is 0 Å². The first-order valence-electron chi connectivity index (χ1n) is 2.93. The molecule has 0 spiro atoms. The molecule has 0 aromatic heterocycles. The Morgan fingerprint density at radius 3 is 2.42 bits per heavy atom. The summed E-state index contributed by atoms with van der Waals surface area (Å²) in [6.45, 7) is 0. The number of nitrogens with two attached hydrogens (primary N) is 1. The van der Waals surface area contributed by atoms with Crippen LogP contribution in [0.25, 0.3) is 0 Å². The maximum Gasteiger partial charge on any atom is 0.339 e. The quantitative estimate of drug-likeness (QED) is 0.437. The Labute approximate surface area is 70.3 Å². The highest BCUT2D eigenvalue weighted by atomic mass is 16.4. The monoisotopic (exact) mass is 169 g/mol. The molecule has 0 unspecified atom stereocenters. The molecule has 0 aliphatic carbocycles. The van der Waals surface area contributed by atoms with Gasteiger partial charge in [0.15, 0.2) is 0 Å². The summed E-state index contributed by atoms with van der Waals surface area (Å²) in [6.07, 6.45) is 0. The summed E-state index contributed by atoms with van der Waals surface area (Å²) < 4.78 is 0. The highest BCUT2D eigenvalue weighted by molar-refractivity contribution is 5.91. The number of carboxylic acids is 1. The van der Waals surface area contributed by atoms with Crippen LogP contribution in [-0.4, -0.2) is 16.2 Å². The summed E-state index contributed by atoms with van der Waals surface area (Å²) in [6, 6.07) is 3.89. The summed E-state index contributed by atoms with van der Waals surface area (Å²) in [4.78, 5) is 10.4. The Kier molecular flexibility index (Phi) is 3.10. The van der Waals surface area contributed by atoms with Crippen molar-refractivity contribution < 1.29 is 15.0 Å². The van der Waals surface area contributed by atoms with Gasteiger partial charge in [0, 0.05) is 5.69 Å². The smallest absolute Gasteiger partial charge is 0.339 e. The zero-order valence-electron chi connectivity index (χ0n) is 5.61. The number of nitrogen functional groups attached to an aromatic ring is 1. The summed E-state index contributed by atoms with van der Waals surface area (Å²) >= 11 is 0. The van der Waals surface area contributed by atoms with E-state index in [-0.39, 0.29) is 18.7 Å². The summed E-state index contributed by atoms with van der Waals surface area (Å²) in [7, 11) is 0. The summed E-state index contributed by atoms with van der Waals surface area (Å²) in [5.74, 6) is -1.46. The molecule has 0 saturated carbocycles. The first-order chi connectivity index (χ1) is 5.11. The first kappa shape index (κ1) is 10.3. The number of aromatic carboxylic acids is 1. The van der Waals surface area contributed by atoms with Gasteiger partial charge < -0.3 is 15.9 Å². The van der Waals surface area contributed by atoms with Crippen molar-refractivity contribution in [3.63, 3.8) is 0 Å². The Bertz CT molecular complexity index is 296. The molecule has 4 nitrogen and oxygen atoms in total. The van der Waals surface area contributed by atoms with E-state index in [0.29, 0.717) is 5.69 Å². The van der Waals surface area contributed by atoms with E-state index in [0.717, 1.165) is 0 Å². The van der Waals surface area contributed by atoms with Gasteiger partial charge in [0.25, 0.3) is 0 Å². The SMILES string of the molecule is C.Nc1ccc(O)c(C(=O)O)c1. The van der Waals surface area contributed by atoms with Crippen molar-refractivity contribution >= 4 is 11.7 Å². The second-order valence-corrected chi connectivity index (χ2v) is 2.08. The van der Waals surface area contributed by atoms with Crippen LogP contribution in [0.2, 0.25) is 0 Å². The second kappa shape index (κ2) is 3.61. The molecule has 0 aliphatic rings. The van der Waals surface area contributed by atoms with Crippen molar-refractivity contribution in [3.05, 3.63) is 23.8 Å². The second-order valence-electron chi connectivity index (χ2n) is 2.08. The van der Waals surface area contributed by atoms with E-state index in [1.165, 1.54) is 18.2 Å². The highest BCUT2D eigenvalue weighted by Crippen LogP contribution is 2.18. The van der Waals surface area contributed by atoms with E-state index < -0.39 is 5.97 Å². The van der Waals surface area contributed by atoms with Gasteiger partial charge in [0.05, 0.1) is 0 Å². The molecule has 0 fully saturated rings. The number of benzene rings is 1. The summed E-state index contributed by atoms with van der Waals surface area (Å²) in [5, 5.41) is 17.4. The van der Waals surface area contributed by atoms with Crippen molar-refractivity contribution in [2.45, 2.75) is 7.43 Å². The van der Waals surface area contributed by atoms with E-state index in [4.69, 9.17) is 15.9 Å². The van der Waals surface area contributed by atoms with Gasteiger partial charge in [-0.2, -0.15) is 0 Å². The molecule has 1 aromatic carbocycles. The Balaban J connectivity index is 0.00000121. The topological polar surface area (TPSA) is 83.5 Å². The molecule has 4 heteroatoms. The number of carbonyl (C=O) groups is 1. The maximum atomic E-state index is 10.4. The van der Waals surface area contributed by atoms with Crippen molar-refractivity contribution in [1.82, 2.24) is 0 Å². The van der Waals surface area contributed by atoms with Crippen LogP contribution in [0.15, 0.2) is 18.2 Å². The van der Waals surface area contributed by atoms with Gasteiger partial charge in [-0.25, -0.2) is 4.79 Å². The van der Waals surface area contributed by atoms with Crippen LogP contribution in [0.5, 0.6) is 5.75 Å². The molecular weight excluding hydrogens is 158 g/mol.